The minimum absolute atomic E-state index is 0.123. The van der Waals surface area contributed by atoms with E-state index in [1.54, 1.807) is 12.1 Å². The Hall–Kier alpha value is -1.09. The van der Waals surface area contributed by atoms with Gasteiger partial charge in [0.2, 0.25) is 0 Å². The first-order valence-electron chi connectivity index (χ1n) is 8.05. The molecule has 1 aromatic carbocycles. The van der Waals surface area contributed by atoms with E-state index in [1.807, 2.05) is 6.07 Å². The van der Waals surface area contributed by atoms with Crippen LogP contribution in [0.1, 0.15) is 44.6 Å². The van der Waals surface area contributed by atoms with Crippen molar-refractivity contribution in [2.75, 3.05) is 18.0 Å². The van der Waals surface area contributed by atoms with E-state index in [9.17, 15) is 4.39 Å². The predicted molar refractivity (Wildman–Crippen MR) is 81.5 cm³/mol. The second-order valence-electron chi connectivity index (χ2n) is 6.15. The van der Waals surface area contributed by atoms with Crippen LogP contribution in [0.15, 0.2) is 18.2 Å². The van der Waals surface area contributed by atoms with Crippen molar-refractivity contribution in [1.29, 1.82) is 0 Å². The molecule has 0 aromatic heterocycles. The molecule has 2 aliphatic rings. The number of hydrogen-bond donors (Lipinski definition) is 1. The fourth-order valence-electron chi connectivity index (χ4n) is 3.99. The molecule has 1 saturated carbocycles. The average Bonchev–Trinajstić information content (AvgIpc) is 2.94. The highest BCUT2D eigenvalue weighted by molar-refractivity contribution is 5.55. The number of hydrogen-bond acceptors (Lipinski definition) is 2. The van der Waals surface area contributed by atoms with Crippen molar-refractivity contribution in [2.45, 2.75) is 51.6 Å². The molecule has 2 fully saturated rings. The minimum Gasteiger partial charge on any atom is -0.368 e. The number of fused-ring (bicyclic) bond motifs is 1. The second kappa shape index (κ2) is 6.13. The summed E-state index contributed by atoms with van der Waals surface area (Å²) in [5.41, 5.74) is 2.36. The first-order valence-corrected chi connectivity index (χ1v) is 8.05. The van der Waals surface area contributed by atoms with Crippen molar-refractivity contribution in [1.82, 2.24) is 5.32 Å². The van der Waals surface area contributed by atoms with Crippen LogP contribution in [0.5, 0.6) is 0 Å². The van der Waals surface area contributed by atoms with Gasteiger partial charge in [0, 0.05) is 24.8 Å². The van der Waals surface area contributed by atoms with Gasteiger partial charge in [-0.25, -0.2) is 4.39 Å². The number of nitrogens with one attached hydrogen (secondary N) is 1. The normalized spacial score (nSPS) is 25.8. The van der Waals surface area contributed by atoms with Gasteiger partial charge in [-0.15, -0.1) is 0 Å². The molecule has 1 saturated heterocycles. The minimum atomic E-state index is -0.123. The SMILES string of the molecule is CCNCc1cc(F)ccc1N1CCCC2CCCC21. The summed E-state index contributed by atoms with van der Waals surface area (Å²) in [4.78, 5) is 2.56. The Balaban J connectivity index is 1.87. The molecule has 1 aliphatic carbocycles. The number of rotatable bonds is 4. The Labute approximate surface area is 121 Å². The van der Waals surface area contributed by atoms with E-state index in [4.69, 9.17) is 0 Å². The Morgan fingerprint density at radius 3 is 2.95 bits per heavy atom. The highest BCUT2D eigenvalue weighted by atomic mass is 19.1. The first-order chi connectivity index (χ1) is 9.79. The lowest BCUT2D eigenvalue weighted by molar-refractivity contribution is 0.361. The monoisotopic (exact) mass is 276 g/mol. The topological polar surface area (TPSA) is 15.3 Å². The van der Waals surface area contributed by atoms with Gasteiger partial charge in [-0.1, -0.05) is 13.3 Å². The third-order valence-electron chi connectivity index (χ3n) is 4.91. The predicted octanol–water partition coefficient (Wildman–Crippen LogP) is 3.70. The summed E-state index contributed by atoms with van der Waals surface area (Å²) in [7, 11) is 0. The summed E-state index contributed by atoms with van der Waals surface area (Å²) < 4.78 is 13.6. The van der Waals surface area contributed by atoms with Gasteiger partial charge in [0.05, 0.1) is 0 Å². The summed E-state index contributed by atoms with van der Waals surface area (Å²) in [5.74, 6) is 0.738. The van der Waals surface area contributed by atoms with E-state index >= 15 is 0 Å². The van der Waals surface area contributed by atoms with E-state index in [0.29, 0.717) is 6.04 Å². The molecule has 0 amide bonds. The molecular weight excluding hydrogens is 251 g/mol. The van der Waals surface area contributed by atoms with E-state index < -0.39 is 0 Å². The van der Waals surface area contributed by atoms with Gasteiger partial charge in [-0.2, -0.15) is 0 Å². The summed E-state index contributed by atoms with van der Waals surface area (Å²) in [6.07, 6.45) is 6.70. The van der Waals surface area contributed by atoms with Crippen LogP contribution in [0.2, 0.25) is 0 Å². The van der Waals surface area contributed by atoms with E-state index in [-0.39, 0.29) is 5.82 Å². The lowest BCUT2D eigenvalue weighted by Crippen LogP contribution is -2.43. The van der Waals surface area contributed by atoms with E-state index in [0.717, 1.165) is 31.1 Å². The van der Waals surface area contributed by atoms with Crippen molar-refractivity contribution in [3.8, 4) is 0 Å². The zero-order chi connectivity index (χ0) is 13.9. The largest absolute Gasteiger partial charge is 0.368 e. The van der Waals surface area contributed by atoms with Crippen LogP contribution in [0.3, 0.4) is 0 Å². The maximum atomic E-state index is 13.6. The molecule has 2 nitrogen and oxygen atoms in total. The Morgan fingerprint density at radius 2 is 2.10 bits per heavy atom. The molecule has 0 bridgehead atoms. The Bertz CT molecular complexity index is 460. The van der Waals surface area contributed by atoms with Gasteiger partial charge < -0.3 is 10.2 Å². The van der Waals surface area contributed by atoms with Crippen LogP contribution in [-0.2, 0) is 6.54 Å². The molecule has 0 spiro atoms. The Morgan fingerprint density at radius 1 is 1.25 bits per heavy atom. The van der Waals surface area contributed by atoms with E-state index in [1.165, 1.54) is 37.8 Å². The Kier molecular flexibility index (Phi) is 4.25. The third kappa shape index (κ3) is 2.69. The molecule has 20 heavy (non-hydrogen) atoms. The van der Waals surface area contributed by atoms with E-state index in [2.05, 4.69) is 17.1 Å². The standard InChI is InChI=1S/C17H25FN2/c1-2-19-12-14-11-15(18)8-9-17(14)20-10-4-6-13-5-3-7-16(13)20/h8-9,11,13,16,19H,2-7,10,12H2,1H3. The number of nitrogens with zero attached hydrogens (tertiary/aromatic N) is 1. The summed E-state index contributed by atoms with van der Waals surface area (Å²) in [6.45, 7) is 4.90. The molecule has 110 valence electrons. The molecule has 3 rings (SSSR count). The third-order valence-corrected chi connectivity index (χ3v) is 4.91. The summed E-state index contributed by atoms with van der Waals surface area (Å²) in [5, 5.41) is 3.34. The maximum absolute atomic E-state index is 13.6. The zero-order valence-electron chi connectivity index (χ0n) is 12.4. The molecule has 1 aromatic rings. The zero-order valence-corrected chi connectivity index (χ0v) is 12.4. The van der Waals surface area contributed by atoms with Crippen molar-refractivity contribution in [2.24, 2.45) is 5.92 Å². The molecule has 3 heteroatoms. The highest BCUT2D eigenvalue weighted by Crippen LogP contribution is 2.40. The van der Waals surface area contributed by atoms with Crippen LogP contribution in [0.25, 0.3) is 0 Å². The molecule has 1 heterocycles. The maximum Gasteiger partial charge on any atom is 0.123 e. The van der Waals surface area contributed by atoms with Gasteiger partial charge in [0.15, 0.2) is 0 Å². The van der Waals surface area contributed by atoms with Gasteiger partial charge >= 0.3 is 0 Å². The van der Waals surface area contributed by atoms with Crippen molar-refractivity contribution >= 4 is 5.69 Å². The quantitative estimate of drug-likeness (QED) is 0.902. The number of benzene rings is 1. The van der Waals surface area contributed by atoms with Gasteiger partial charge in [-0.05, 0) is 61.9 Å². The van der Waals surface area contributed by atoms with Crippen LogP contribution in [-0.4, -0.2) is 19.1 Å². The molecule has 2 atom stereocenters. The van der Waals surface area contributed by atoms with Crippen molar-refractivity contribution in [3.63, 3.8) is 0 Å². The average molecular weight is 276 g/mol. The van der Waals surface area contributed by atoms with Gasteiger partial charge in [0.25, 0.3) is 0 Å². The van der Waals surface area contributed by atoms with Crippen molar-refractivity contribution < 1.29 is 4.39 Å². The lowest BCUT2D eigenvalue weighted by Gasteiger charge is -2.40. The molecule has 2 unspecified atom stereocenters. The summed E-state index contributed by atoms with van der Waals surface area (Å²) >= 11 is 0. The molecule has 0 radical (unpaired) electrons. The summed E-state index contributed by atoms with van der Waals surface area (Å²) in [6, 6.07) is 6.00. The smallest absolute Gasteiger partial charge is 0.123 e. The lowest BCUT2D eigenvalue weighted by atomic mass is 9.91. The van der Waals surface area contributed by atoms with Crippen LogP contribution < -0.4 is 10.2 Å². The number of anilines is 1. The highest BCUT2D eigenvalue weighted by Gasteiger charge is 2.35. The van der Waals surface area contributed by atoms with Crippen molar-refractivity contribution in [3.05, 3.63) is 29.6 Å². The second-order valence-corrected chi connectivity index (χ2v) is 6.15. The fraction of sp³-hybridized carbons (Fsp3) is 0.647. The number of halogens is 1. The van der Waals surface area contributed by atoms with Crippen LogP contribution in [0, 0.1) is 11.7 Å². The molecule has 1 aliphatic heterocycles. The van der Waals surface area contributed by atoms with Crippen LogP contribution >= 0.6 is 0 Å². The van der Waals surface area contributed by atoms with Gasteiger partial charge in [-0.3, -0.25) is 0 Å². The molecule has 1 N–H and O–H groups in total. The van der Waals surface area contributed by atoms with Crippen LogP contribution in [0.4, 0.5) is 10.1 Å². The first kappa shape index (κ1) is 13.9. The fourth-order valence-corrected chi connectivity index (χ4v) is 3.99. The van der Waals surface area contributed by atoms with Gasteiger partial charge in [0.1, 0.15) is 5.82 Å². The molecular formula is C17H25FN2. The number of piperidine rings is 1.